The van der Waals surface area contributed by atoms with E-state index < -0.39 is 0 Å². The van der Waals surface area contributed by atoms with E-state index in [2.05, 4.69) is 15.2 Å². The summed E-state index contributed by atoms with van der Waals surface area (Å²) in [5.41, 5.74) is 1.16. The maximum Gasteiger partial charge on any atom is 0.191 e. The number of nitrogens with zero attached hydrogens (tertiary/aromatic N) is 2. The zero-order valence-corrected chi connectivity index (χ0v) is 11.0. The number of benzene rings is 1. The van der Waals surface area contributed by atoms with Gasteiger partial charge in [0.1, 0.15) is 5.82 Å². The number of H-pyrrole nitrogens is 1. The quantitative estimate of drug-likeness (QED) is 0.790. The molecule has 0 amide bonds. The number of hydrogen-bond donors (Lipinski definition) is 1. The summed E-state index contributed by atoms with van der Waals surface area (Å²) in [4.78, 5) is 5.56. The fraction of sp³-hybridized carbons (Fsp3) is 0.0769. The standard InChI is InChI=1S/C13H10ClN3S/c14-10-5-3-9(4-6-10)8-12-15-13(17-16-12)11-2-1-7-18-11/h1-7H,8H2,(H,15,16,17). The van der Waals surface area contributed by atoms with Crippen LogP contribution in [-0.2, 0) is 6.42 Å². The Kier molecular flexibility index (Phi) is 3.13. The molecular formula is C13H10ClN3S. The molecule has 0 saturated carbocycles. The van der Waals surface area contributed by atoms with Crippen LogP contribution in [0.25, 0.3) is 10.7 Å². The largest absolute Gasteiger partial charge is 0.262 e. The molecule has 0 radical (unpaired) electrons. The number of aromatic nitrogens is 3. The molecule has 5 heteroatoms. The first-order valence-corrected chi connectivity index (χ1v) is 6.76. The third kappa shape index (κ3) is 2.44. The number of aromatic amines is 1. The second-order valence-electron chi connectivity index (χ2n) is 3.89. The summed E-state index contributed by atoms with van der Waals surface area (Å²) in [5, 5.41) is 9.95. The van der Waals surface area contributed by atoms with E-state index in [0.29, 0.717) is 0 Å². The molecule has 0 aliphatic carbocycles. The molecule has 0 atom stereocenters. The molecule has 0 saturated heterocycles. The summed E-state index contributed by atoms with van der Waals surface area (Å²) >= 11 is 7.49. The zero-order valence-electron chi connectivity index (χ0n) is 9.43. The minimum atomic E-state index is 0.732. The van der Waals surface area contributed by atoms with Crippen LogP contribution in [0.15, 0.2) is 41.8 Å². The monoisotopic (exact) mass is 275 g/mol. The Labute approximate surface area is 113 Å². The highest BCUT2D eigenvalue weighted by atomic mass is 35.5. The molecular weight excluding hydrogens is 266 g/mol. The molecule has 2 aromatic heterocycles. The average molecular weight is 276 g/mol. The number of nitrogens with one attached hydrogen (secondary N) is 1. The van der Waals surface area contributed by atoms with E-state index in [9.17, 15) is 0 Å². The maximum absolute atomic E-state index is 5.85. The average Bonchev–Trinajstić information content (AvgIpc) is 3.02. The van der Waals surface area contributed by atoms with Crippen molar-refractivity contribution < 1.29 is 0 Å². The van der Waals surface area contributed by atoms with Gasteiger partial charge in [-0.25, -0.2) is 4.98 Å². The highest BCUT2D eigenvalue weighted by Gasteiger charge is 2.07. The number of thiophene rings is 1. The molecule has 90 valence electrons. The highest BCUT2D eigenvalue weighted by molar-refractivity contribution is 7.13. The van der Waals surface area contributed by atoms with Crippen LogP contribution in [0, 0.1) is 0 Å². The lowest BCUT2D eigenvalue weighted by Crippen LogP contribution is -1.90. The van der Waals surface area contributed by atoms with E-state index in [1.54, 1.807) is 11.3 Å². The van der Waals surface area contributed by atoms with E-state index >= 15 is 0 Å². The van der Waals surface area contributed by atoms with Crippen molar-refractivity contribution in [2.75, 3.05) is 0 Å². The molecule has 0 bridgehead atoms. The van der Waals surface area contributed by atoms with E-state index in [4.69, 9.17) is 11.6 Å². The van der Waals surface area contributed by atoms with Gasteiger partial charge in [0.15, 0.2) is 5.82 Å². The van der Waals surface area contributed by atoms with Crippen molar-refractivity contribution in [1.82, 2.24) is 15.2 Å². The van der Waals surface area contributed by atoms with E-state index in [-0.39, 0.29) is 0 Å². The van der Waals surface area contributed by atoms with Gasteiger partial charge in [0.2, 0.25) is 0 Å². The smallest absolute Gasteiger partial charge is 0.191 e. The van der Waals surface area contributed by atoms with Crippen LogP contribution >= 0.6 is 22.9 Å². The van der Waals surface area contributed by atoms with Crippen LogP contribution in [0.1, 0.15) is 11.4 Å². The molecule has 18 heavy (non-hydrogen) atoms. The fourth-order valence-corrected chi connectivity index (χ4v) is 2.47. The van der Waals surface area contributed by atoms with Crippen molar-refractivity contribution in [3.05, 3.63) is 58.2 Å². The van der Waals surface area contributed by atoms with Crippen molar-refractivity contribution in [2.24, 2.45) is 0 Å². The Hall–Kier alpha value is -1.65. The topological polar surface area (TPSA) is 41.6 Å². The highest BCUT2D eigenvalue weighted by Crippen LogP contribution is 2.21. The van der Waals surface area contributed by atoms with Gasteiger partial charge in [-0.2, -0.15) is 5.10 Å². The van der Waals surface area contributed by atoms with E-state index in [0.717, 1.165) is 33.5 Å². The summed E-state index contributed by atoms with van der Waals surface area (Å²) in [6, 6.07) is 11.8. The first kappa shape index (κ1) is 11.4. The van der Waals surface area contributed by atoms with Crippen molar-refractivity contribution >= 4 is 22.9 Å². The van der Waals surface area contributed by atoms with Gasteiger partial charge >= 0.3 is 0 Å². The fourth-order valence-electron chi connectivity index (χ4n) is 1.69. The van der Waals surface area contributed by atoms with E-state index in [1.165, 1.54) is 0 Å². The molecule has 0 unspecified atom stereocenters. The Bertz CT molecular complexity index is 629. The minimum Gasteiger partial charge on any atom is -0.262 e. The van der Waals surface area contributed by atoms with Gasteiger partial charge in [-0.1, -0.05) is 29.8 Å². The van der Waals surface area contributed by atoms with Gasteiger partial charge in [-0.05, 0) is 29.1 Å². The molecule has 3 aromatic rings. The first-order chi connectivity index (χ1) is 8.81. The van der Waals surface area contributed by atoms with E-state index in [1.807, 2.05) is 41.8 Å². The number of halogens is 1. The third-order valence-electron chi connectivity index (χ3n) is 2.56. The molecule has 2 heterocycles. The normalized spacial score (nSPS) is 10.7. The Morgan fingerprint density at radius 2 is 2.00 bits per heavy atom. The lowest BCUT2D eigenvalue weighted by Gasteiger charge is -1.97. The second-order valence-corrected chi connectivity index (χ2v) is 5.27. The van der Waals surface area contributed by atoms with Gasteiger partial charge in [0, 0.05) is 11.4 Å². The number of rotatable bonds is 3. The van der Waals surface area contributed by atoms with Crippen molar-refractivity contribution in [2.45, 2.75) is 6.42 Å². The molecule has 0 spiro atoms. The first-order valence-electron chi connectivity index (χ1n) is 5.51. The minimum absolute atomic E-state index is 0.732. The molecule has 3 nitrogen and oxygen atoms in total. The van der Waals surface area contributed by atoms with Gasteiger partial charge in [-0.15, -0.1) is 11.3 Å². The van der Waals surface area contributed by atoms with Crippen LogP contribution < -0.4 is 0 Å². The molecule has 0 aliphatic rings. The van der Waals surface area contributed by atoms with Gasteiger partial charge < -0.3 is 0 Å². The molecule has 0 aliphatic heterocycles. The Morgan fingerprint density at radius 3 is 2.72 bits per heavy atom. The molecule has 1 aromatic carbocycles. The number of hydrogen-bond acceptors (Lipinski definition) is 3. The van der Waals surface area contributed by atoms with Crippen molar-refractivity contribution in [1.29, 1.82) is 0 Å². The third-order valence-corrected chi connectivity index (χ3v) is 3.68. The van der Waals surface area contributed by atoms with Crippen molar-refractivity contribution in [3.63, 3.8) is 0 Å². The predicted molar refractivity (Wildman–Crippen MR) is 74.0 cm³/mol. The van der Waals surface area contributed by atoms with Crippen LogP contribution in [0.4, 0.5) is 0 Å². The van der Waals surface area contributed by atoms with Gasteiger partial charge in [0.05, 0.1) is 4.88 Å². The Morgan fingerprint density at radius 1 is 1.17 bits per heavy atom. The van der Waals surface area contributed by atoms with Crippen LogP contribution in [0.2, 0.25) is 5.02 Å². The summed E-state index contributed by atoms with van der Waals surface area (Å²) < 4.78 is 0. The lowest BCUT2D eigenvalue weighted by atomic mass is 10.1. The van der Waals surface area contributed by atoms with Crippen molar-refractivity contribution in [3.8, 4) is 10.7 Å². The SMILES string of the molecule is Clc1ccc(Cc2nc(-c3cccs3)n[nH]2)cc1. The molecule has 1 N–H and O–H groups in total. The van der Waals surface area contributed by atoms with Gasteiger partial charge in [-0.3, -0.25) is 5.10 Å². The van der Waals surface area contributed by atoms with Gasteiger partial charge in [0.25, 0.3) is 0 Å². The summed E-state index contributed by atoms with van der Waals surface area (Å²) in [5.74, 6) is 1.62. The van der Waals surface area contributed by atoms with Crippen LogP contribution in [-0.4, -0.2) is 15.2 Å². The second kappa shape index (κ2) is 4.92. The molecule has 3 rings (SSSR count). The predicted octanol–water partition coefficient (Wildman–Crippen LogP) is 3.78. The molecule has 0 fully saturated rings. The Balaban J connectivity index is 1.80. The zero-order chi connectivity index (χ0) is 12.4. The lowest BCUT2D eigenvalue weighted by molar-refractivity contribution is 0.973. The summed E-state index contributed by atoms with van der Waals surface area (Å²) in [7, 11) is 0. The summed E-state index contributed by atoms with van der Waals surface area (Å²) in [6.45, 7) is 0. The van der Waals surface area contributed by atoms with Crippen LogP contribution in [0.5, 0.6) is 0 Å². The maximum atomic E-state index is 5.85. The van der Waals surface area contributed by atoms with Crippen LogP contribution in [0.3, 0.4) is 0 Å². The summed E-state index contributed by atoms with van der Waals surface area (Å²) in [6.07, 6.45) is 0.732.